The van der Waals surface area contributed by atoms with Crippen molar-refractivity contribution in [3.63, 3.8) is 0 Å². The SMILES string of the molecule is COc1ccc2nc(-c3ccc(-c4nn[nH]n4)cc3)c(C(F)(F)F)nc2c1. The van der Waals surface area contributed by atoms with E-state index in [1.54, 1.807) is 24.3 Å². The molecule has 0 aliphatic carbocycles. The number of hydrogen-bond donors (Lipinski definition) is 1. The van der Waals surface area contributed by atoms with Crippen LogP contribution in [-0.4, -0.2) is 37.7 Å². The molecule has 0 aliphatic rings. The highest BCUT2D eigenvalue weighted by molar-refractivity contribution is 5.80. The number of aromatic amines is 1. The summed E-state index contributed by atoms with van der Waals surface area (Å²) >= 11 is 0. The minimum absolute atomic E-state index is 0.105. The van der Waals surface area contributed by atoms with Crippen molar-refractivity contribution in [3.05, 3.63) is 48.2 Å². The molecule has 0 radical (unpaired) electrons. The maximum absolute atomic E-state index is 13.6. The van der Waals surface area contributed by atoms with Crippen LogP contribution in [0.4, 0.5) is 13.2 Å². The van der Waals surface area contributed by atoms with Crippen LogP contribution in [0.15, 0.2) is 42.5 Å². The second-order valence-electron chi connectivity index (χ2n) is 5.59. The van der Waals surface area contributed by atoms with Crippen molar-refractivity contribution < 1.29 is 17.9 Å². The van der Waals surface area contributed by atoms with Crippen molar-refractivity contribution in [3.8, 4) is 28.4 Å². The number of ether oxygens (including phenoxy) is 1. The first kappa shape index (κ1) is 16.9. The first-order valence-electron chi connectivity index (χ1n) is 7.73. The summed E-state index contributed by atoms with van der Waals surface area (Å²) in [6.45, 7) is 0. The molecule has 0 amide bonds. The van der Waals surface area contributed by atoms with Crippen molar-refractivity contribution in [2.24, 2.45) is 0 Å². The number of H-pyrrole nitrogens is 1. The number of halogens is 3. The number of benzene rings is 2. The fourth-order valence-electron chi connectivity index (χ4n) is 2.62. The molecule has 10 heteroatoms. The van der Waals surface area contributed by atoms with Crippen molar-refractivity contribution in [1.29, 1.82) is 0 Å². The van der Waals surface area contributed by atoms with Gasteiger partial charge in [-0.05, 0) is 17.3 Å². The van der Waals surface area contributed by atoms with Crippen molar-refractivity contribution in [2.45, 2.75) is 6.18 Å². The van der Waals surface area contributed by atoms with Gasteiger partial charge in [0.15, 0.2) is 5.69 Å². The van der Waals surface area contributed by atoms with Crippen LogP contribution in [0.3, 0.4) is 0 Å². The van der Waals surface area contributed by atoms with E-state index in [-0.39, 0.29) is 16.8 Å². The number of fused-ring (bicyclic) bond motifs is 1. The Morgan fingerprint density at radius 3 is 2.30 bits per heavy atom. The summed E-state index contributed by atoms with van der Waals surface area (Å²) in [5, 5.41) is 13.4. The Labute approximate surface area is 150 Å². The van der Waals surface area contributed by atoms with Crippen LogP contribution in [0.1, 0.15) is 5.69 Å². The fraction of sp³-hybridized carbons (Fsp3) is 0.118. The van der Waals surface area contributed by atoms with Gasteiger partial charge >= 0.3 is 6.18 Å². The molecule has 0 aliphatic heterocycles. The Morgan fingerprint density at radius 2 is 1.67 bits per heavy atom. The van der Waals surface area contributed by atoms with Gasteiger partial charge in [0, 0.05) is 17.2 Å². The fourth-order valence-corrected chi connectivity index (χ4v) is 2.62. The number of alkyl halides is 3. The molecule has 27 heavy (non-hydrogen) atoms. The quantitative estimate of drug-likeness (QED) is 0.592. The van der Waals surface area contributed by atoms with E-state index in [1.165, 1.54) is 25.3 Å². The highest BCUT2D eigenvalue weighted by atomic mass is 19.4. The third-order valence-corrected chi connectivity index (χ3v) is 3.90. The molecule has 7 nitrogen and oxygen atoms in total. The predicted octanol–water partition coefficient (Wildman–Crippen LogP) is 3.50. The molecule has 0 bridgehead atoms. The van der Waals surface area contributed by atoms with Gasteiger partial charge in [0.05, 0.1) is 18.1 Å². The number of nitrogens with one attached hydrogen (secondary N) is 1. The first-order chi connectivity index (χ1) is 13.0. The maximum Gasteiger partial charge on any atom is 0.435 e. The summed E-state index contributed by atoms with van der Waals surface area (Å²) in [4.78, 5) is 7.99. The zero-order chi connectivity index (χ0) is 19.0. The average molecular weight is 372 g/mol. The van der Waals surface area contributed by atoms with Crippen LogP contribution in [0, 0.1) is 0 Å². The molecule has 0 atom stereocenters. The van der Waals surface area contributed by atoms with Gasteiger partial charge in [0.2, 0.25) is 5.82 Å². The molecule has 2 heterocycles. The molecule has 0 saturated heterocycles. The van der Waals surface area contributed by atoms with Gasteiger partial charge in [-0.15, -0.1) is 10.2 Å². The second kappa shape index (κ2) is 6.31. The molecule has 2 aromatic heterocycles. The van der Waals surface area contributed by atoms with E-state index in [0.717, 1.165) is 0 Å². The summed E-state index contributed by atoms with van der Waals surface area (Å²) < 4.78 is 45.8. The van der Waals surface area contributed by atoms with E-state index < -0.39 is 11.9 Å². The molecule has 0 spiro atoms. The number of nitrogens with zero attached hydrogens (tertiary/aromatic N) is 5. The van der Waals surface area contributed by atoms with E-state index in [1.807, 2.05) is 0 Å². The third kappa shape index (κ3) is 3.16. The molecule has 0 saturated carbocycles. The largest absolute Gasteiger partial charge is 0.497 e. The topological polar surface area (TPSA) is 89.5 Å². The lowest BCUT2D eigenvalue weighted by molar-refractivity contribution is -0.140. The van der Waals surface area contributed by atoms with Crippen molar-refractivity contribution in [2.75, 3.05) is 7.11 Å². The molecule has 4 aromatic rings. The number of tetrazole rings is 1. The third-order valence-electron chi connectivity index (χ3n) is 3.90. The molecule has 1 N–H and O–H groups in total. The lowest BCUT2D eigenvalue weighted by Crippen LogP contribution is -2.12. The van der Waals surface area contributed by atoms with Gasteiger partial charge in [-0.2, -0.15) is 18.4 Å². The minimum atomic E-state index is -4.66. The predicted molar refractivity (Wildman–Crippen MR) is 89.7 cm³/mol. The Bertz CT molecular complexity index is 1090. The Kier molecular flexibility index (Phi) is 3.94. The number of aromatic nitrogens is 6. The lowest BCUT2D eigenvalue weighted by atomic mass is 10.1. The smallest absolute Gasteiger partial charge is 0.435 e. The lowest BCUT2D eigenvalue weighted by Gasteiger charge is -2.13. The Morgan fingerprint density at radius 1 is 0.926 bits per heavy atom. The van der Waals surface area contributed by atoms with E-state index >= 15 is 0 Å². The summed E-state index contributed by atoms with van der Waals surface area (Å²) in [6.07, 6.45) is -4.66. The molecule has 4 rings (SSSR count). The van der Waals surface area contributed by atoms with E-state index in [4.69, 9.17) is 4.74 Å². The average Bonchev–Trinajstić information content (AvgIpc) is 3.21. The Hall–Kier alpha value is -3.56. The van der Waals surface area contributed by atoms with Crippen molar-refractivity contribution >= 4 is 11.0 Å². The van der Waals surface area contributed by atoms with Gasteiger partial charge < -0.3 is 4.74 Å². The normalized spacial score (nSPS) is 11.7. The maximum atomic E-state index is 13.6. The van der Waals surface area contributed by atoms with Crippen LogP contribution in [0.25, 0.3) is 33.7 Å². The zero-order valence-corrected chi connectivity index (χ0v) is 13.8. The van der Waals surface area contributed by atoms with Crippen molar-refractivity contribution in [1.82, 2.24) is 30.6 Å². The van der Waals surface area contributed by atoms with Gasteiger partial charge in [0.1, 0.15) is 11.4 Å². The summed E-state index contributed by atoms with van der Waals surface area (Å²) in [5.41, 5.74) is 0.0182. The summed E-state index contributed by atoms with van der Waals surface area (Å²) in [5.74, 6) is 0.747. The van der Waals surface area contributed by atoms with E-state index in [0.29, 0.717) is 22.7 Å². The summed E-state index contributed by atoms with van der Waals surface area (Å²) in [7, 11) is 1.43. The summed E-state index contributed by atoms with van der Waals surface area (Å²) in [6, 6.07) is 10.8. The molecule has 0 unspecified atom stereocenters. The number of methoxy groups -OCH3 is 1. The highest BCUT2D eigenvalue weighted by Gasteiger charge is 2.37. The zero-order valence-electron chi connectivity index (χ0n) is 13.8. The van der Waals surface area contributed by atoms with Crippen LogP contribution in [-0.2, 0) is 6.18 Å². The standard InChI is InChI=1S/C17H11F3N6O/c1-27-11-6-7-12-13(8-11)22-15(17(18,19)20)14(21-12)9-2-4-10(5-3-9)16-23-25-26-24-16/h2-8H,1H3,(H,23,24,25,26). The molecule has 0 fully saturated rings. The number of rotatable bonds is 3. The van der Waals surface area contributed by atoms with Crippen LogP contribution in [0.5, 0.6) is 5.75 Å². The van der Waals surface area contributed by atoms with Gasteiger partial charge in [-0.3, -0.25) is 0 Å². The van der Waals surface area contributed by atoms with Crippen LogP contribution < -0.4 is 4.74 Å². The minimum Gasteiger partial charge on any atom is -0.497 e. The van der Waals surface area contributed by atoms with Gasteiger partial charge in [-0.1, -0.05) is 24.3 Å². The highest BCUT2D eigenvalue weighted by Crippen LogP contribution is 2.36. The first-order valence-corrected chi connectivity index (χ1v) is 7.73. The van der Waals surface area contributed by atoms with Crippen LogP contribution in [0.2, 0.25) is 0 Å². The Balaban J connectivity index is 1.86. The van der Waals surface area contributed by atoms with Crippen LogP contribution >= 0.6 is 0 Å². The molecular weight excluding hydrogens is 361 g/mol. The van der Waals surface area contributed by atoms with E-state index in [9.17, 15) is 13.2 Å². The number of hydrogen-bond acceptors (Lipinski definition) is 6. The molecular formula is C17H11F3N6O. The van der Waals surface area contributed by atoms with E-state index in [2.05, 4.69) is 30.6 Å². The molecule has 2 aromatic carbocycles. The monoisotopic (exact) mass is 372 g/mol. The van der Waals surface area contributed by atoms with Gasteiger partial charge in [-0.25, -0.2) is 9.97 Å². The molecule has 136 valence electrons. The van der Waals surface area contributed by atoms with Gasteiger partial charge in [0.25, 0.3) is 0 Å². The second-order valence-corrected chi connectivity index (χ2v) is 5.59.